The van der Waals surface area contributed by atoms with Gasteiger partial charge in [-0.25, -0.2) is 9.97 Å². The molecule has 2 atom stereocenters. The van der Waals surface area contributed by atoms with Crippen molar-refractivity contribution in [2.24, 2.45) is 5.73 Å². The van der Waals surface area contributed by atoms with Crippen LogP contribution in [0.4, 0.5) is 5.82 Å². The van der Waals surface area contributed by atoms with Crippen LogP contribution in [-0.2, 0) is 4.74 Å². The maximum absolute atomic E-state index is 5.90. The molecule has 0 aliphatic carbocycles. The van der Waals surface area contributed by atoms with E-state index >= 15 is 0 Å². The van der Waals surface area contributed by atoms with Gasteiger partial charge in [-0.3, -0.25) is 4.90 Å². The normalized spacial score (nSPS) is 26.2. The molecule has 2 unspecified atom stereocenters. The van der Waals surface area contributed by atoms with E-state index in [0.29, 0.717) is 24.1 Å². The molecule has 2 saturated heterocycles. The Morgan fingerprint density at radius 1 is 1.50 bits per heavy atom. The van der Waals surface area contributed by atoms with E-state index in [2.05, 4.69) is 20.2 Å². The summed E-state index contributed by atoms with van der Waals surface area (Å²) in [5.74, 6) is 0.632. The van der Waals surface area contributed by atoms with Crippen LogP contribution in [0.5, 0.6) is 0 Å². The largest absolute Gasteiger partial charge is 0.388 e. The number of aromatic nitrogens is 2. The Kier molecular flexibility index (Phi) is 4.09. The van der Waals surface area contributed by atoms with Crippen LogP contribution in [-0.4, -0.2) is 58.2 Å². The highest BCUT2D eigenvalue weighted by atomic mass is 32.1. The highest BCUT2D eigenvalue weighted by molar-refractivity contribution is 7.80. The average molecular weight is 293 g/mol. The van der Waals surface area contributed by atoms with E-state index in [4.69, 9.17) is 22.7 Å². The van der Waals surface area contributed by atoms with E-state index in [-0.39, 0.29) is 11.1 Å². The number of thiocarbonyl (C=S) groups is 1. The first kappa shape index (κ1) is 13.7. The molecule has 0 aromatic carbocycles. The van der Waals surface area contributed by atoms with Gasteiger partial charge in [0.2, 0.25) is 0 Å². The smallest absolute Gasteiger partial charge is 0.155 e. The number of nitrogens with one attached hydrogen (secondary N) is 1. The first-order valence-corrected chi connectivity index (χ1v) is 7.35. The number of anilines is 1. The zero-order valence-electron chi connectivity index (χ0n) is 11.3. The molecule has 7 heteroatoms. The minimum absolute atomic E-state index is 0.172. The molecular weight excluding hydrogens is 274 g/mol. The number of hydrogen-bond donors (Lipinski definition) is 2. The lowest BCUT2D eigenvalue weighted by molar-refractivity contribution is -0.0416. The van der Waals surface area contributed by atoms with E-state index in [1.807, 2.05) is 0 Å². The Morgan fingerprint density at radius 2 is 2.35 bits per heavy atom. The molecule has 3 rings (SSSR count). The summed E-state index contributed by atoms with van der Waals surface area (Å²) in [7, 11) is 0. The molecule has 0 radical (unpaired) electrons. The molecule has 0 bridgehead atoms. The topological polar surface area (TPSA) is 76.3 Å². The minimum atomic E-state index is 0.172. The molecule has 108 valence electrons. The Hall–Kier alpha value is -1.31. The summed E-state index contributed by atoms with van der Waals surface area (Å²) >= 11 is 4.98. The Morgan fingerprint density at radius 3 is 3.20 bits per heavy atom. The van der Waals surface area contributed by atoms with Crippen LogP contribution in [0.3, 0.4) is 0 Å². The lowest BCUT2D eigenvalue weighted by Crippen LogP contribution is -2.48. The number of fused-ring (bicyclic) bond motifs is 1. The second-order valence-electron chi connectivity index (χ2n) is 5.25. The van der Waals surface area contributed by atoms with Gasteiger partial charge in [-0.1, -0.05) is 12.2 Å². The lowest BCUT2D eigenvalue weighted by atomic mass is 10.2. The number of nitrogens with two attached hydrogens (primary N) is 1. The fraction of sp³-hybridized carbons (Fsp3) is 0.615. The van der Waals surface area contributed by atoms with Crippen LogP contribution >= 0.6 is 12.2 Å². The Bertz CT molecular complexity index is 497. The summed E-state index contributed by atoms with van der Waals surface area (Å²) in [5.41, 5.74) is 6.18. The van der Waals surface area contributed by atoms with Crippen molar-refractivity contribution in [1.82, 2.24) is 14.9 Å². The molecule has 3 heterocycles. The van der Waals surface area contributed by atoms with Crippen molar-refractivity contribution in [3.8, 4) is 0 Å². The van der Waals surface area contributed by atoms with Crippen LogP contribution in [0.1, 0.15) is 18.5 Å². The number of morpholine rings is 1. The van der Waals surface area contributed by atoms with Gasteiger partial charge < -0.3 is 15.8 Å². The van der Waals surface area contributed by atoms with Gasteiger partial charge >= 0.3 is 0 Å². The summed E-state index contributed by atoms with van der Waals surface area (Å²) in [5, 5.41) is 3.25. The SMILES string of the molecule is NC(=S)c1nccnc1NCC1CN2CCCC2CO1. The van der Waals surface area contributed by atoms with E-state index in [0.717, 1.165) is 13.2 Å². The number of rotatable bonds is 4. The fourth-order valence-electron chi connectivity index (χ4n) is 2.87. The number of ether oxygens (including phenoxy) is 1. The molecule has 3 N–H and O–H groups in total. The van der Waals surface area contributed by atoms with Gasteiger partial charge in [0.1, 0.15) is 10.7 Å². The summed E-state index contributed by atoms with van der Waals surface area (Å²) in [6, 6.07) is 0.620. The standard InChI is InChI=1S/C13H19N5OS/c14-12(20)11-13(16-4-3-15-11)17-6-10-7-18-5-1-2-9(18)8-19-10/h3-4,9-10H,1-2,5-8H2,(H2,14,20)(H,16,17). The Labute approximate surface area is 123 Å². The predicted molar refractivity (Wildman–Crippen MR) is 80.7 cm³/mol. The average Bonchev–Trinajstić information content (AvgIpc) is 2.92. The van der Waals surface area contributed by atoms with Crippen molar-refractivity contribution in [3.63, 3.8) is 0 Å². The summed E-state index contributed by atoms with van der Waals surface area (Å²) in [6.45, 7) is 3.68. The van der Waals surface area contributed by atoms with Gasteiger partial charge in [0.05, 0.1) is 12.7 Å². The van der Waals surface area contributed by atoms with Crippen LogP contribution in [0.2, 0.25) is 0 Å². The molecule has 0 spiro atoms. The first-order chi connectivity index (χ1) is 9.74. The molecule has 20 heavy (non-hydrogen) atoms. The zero-order valence-corrected chi connectivity index (χ0v) is 12.1. The van der Waals surface area contributed by atoms with Crippen molar-refractivity contribution in [3.05, 3.63) is 18.1 Å². The first-order valence-electron chi connectivity index (χ1n) is 6.94. The van der Waals surface area contributed by atoms with Crippen molar-refractivity contribution in [1.29, 1.82) is 0 Å². The summed E-state index contributed by atoms with van der Waals surface area (Å²) in [4.78, 5) is 11.2. The minimum Gasteiger partial charge on any atom is -0.388 e. The van der Waals surface area contributed by atoms with Crippen molar-refractivity contribution in [2.45, 2.75) is 25.0 Å². The molecule has 6 nitrogen and oxygen atoms in total. The third kappa shape index (κ3) is 2.89. The van der Waals surface area contributed by atoms with Gasteiger partial charge in [-0.2, -0.15) is 0 Å². The van der Waals surface area contributed by atoms with E-state index in [1.165, 1.54) is 19.4 Å². The molecule has 1 aromatic rings. The Balaban J connectivity index is 1.58. The van der Waals surface area contributed by atoms with Crippen LogP contribution in [0.25, 0.3) is 0 Å². The third-order valence-corrected chi connectivity index (χ3v) is 4.08. The molecular formula is C13H19N5OS. The van der Waals surface area contributed by atoms with Crippen molar-refractivity contribution in [2.75, 3.05) is 31.6 Å². The lowest BCUT2D eigenvalue weighted by Gasteiger charge is -2.35. The van der Waals surface area contributed by atoms with Gasteiger partial charge in [0.25, 0.3) is 0 Å². The summed E-state index contributed by atoms with van der Waals surface area (Å²) in [6.07, 6.45) is 5.93. The maximum Gasteiger partial charge on any atom is 0.155 e. The molecule has 2 fully saturated rings. The van der Waals surface area contributed by atoms with Crippen molar-refractivity contribution < 1.29 is 4.74 Å². The number of nitrogens with zero attached hydrogens (tertiary/aromatic N) is 3. The van der Waals surface area contributed by atoms with Crippen LogP contribution in [0, 0.1) is 0 Å². The van der Waals surface area contributed by atoms with Gasteiger partial charge in [-0.15, -0.1) is 0 Å². The second kappa shape index (κ2) is 5.99. The second-order valence-corrected chi connectivity index (χ2v) is 5.68. The monoisotopic (exact) mass is 293 g/mol. The molecule has 1 aromatic heterocycles. The molecule has 0 amide bonds. The fourth-order valence-corrected chi connectivity index (χ4v) is 3.02. The maximum atomic E-state index is 5.90. The predicted octanol–water partition coefficient (Wildman–Crippen LogP) is 0.386. The van der Waals surface area contributed by atoms with Crippen molar-refractivity contribution >= 4 is 23.0 Å². The third-order valence-electron chi connectivity index (χ3n) is 3.89. The van der Waals surface area contributed by atoms with Gasteiger partial charge in [-0.05, 0) is 19.4 Å². The van der Waals surface area contributed by atoms with Gasteiger partial charge in [0.15, 0.2) is 5.82 Å². The highest BCUT2D eigenvalue weighted by Gasteiger charge is 2.32. The van der Waals surface area contributed by atoms with E-state index < -0.39 is 0 Å². The molecule has 0 saturated carbocycles. The highest BCUT2D eigenvalue weighted by Crippen LogP contribution is 2.22. The molecule has 2 aliphatic rings. The van der Waals surface area contributed by atoms with E-state index in [1.54, 1.807) is 12.4 Å². The quantitative estimate of drug-likeness (QED) is 0.777. The number of hydrogen-bond acceptors (Lipinski definition) is 6. The zero-order chi connectivity index (χ0) is 13.9. The summed E-state index contributed by atoms with van der Waals surface area (Å²) < 4.78 is 5.90. The molecule has 2 aliphatic heterocycles. The van der Waals surface area contributed by atoms with Crippen LogP contribution < -0.4 is 11.1 Å². The van der Waals surface area contributed by atoms with Crippen LogP contribution in [0.15, 0.2) is 12.4 Å². The van der Waals surface area contributed by atoms with E-state index in [9.17, 15) is 0 Å². The van der Waals surface area contributed by atoms with Gasteiger partial charge in [0, 0.05) is 31.5 Å².